The molecule has 2 N–H and O–H groups in total. The predicted octanol–water partition coefficient (Wildman–Crippen LogP) is 2.66. The van der Waals surface area contributed by atoms with Gasteiger partial charge in [-0.1, -0.05) is 13.8 Å². The molecule has 1 aliphatic heterocycles. The van der Waals surface area contributed by atoms with Crippen LogP contribution in [0.25, 0.3) is 0 Å². The van der Waals surface area contributed by atoms with E-state index in [1.807, 2.05) is 11.8 Å². The van der Waals surface area contributed by atoms with Crippen LogP contribution < -0.4 is 5.73 Å². The van der Waals surface area contributed by atoms with E-state index in [1.54, 1.807) is 0 Å². The van der Waals surface area contributed by atoms with Gasteiger partial charge in [-0.15, -0.1) is 0 Å². The first-order valence-electron chi connectivity index (χ1n) is 6.11. The van der Waals surface area contributed by atoms with Crippen LogP contribution in [0.3, 0.4) is 0 Å². The third kappa shape index (κ3) is 2.81. The molecular weight excluding hydrogens is 312 g/mol. The summed E-state index contributed by atoms with van der Waals surface area (Å²) in [4.78, 5) is 11.5. The second kappa shape index (κ2) is 5.75. The van der Waals surface area contributed by atoms with Crippen LogP contribution in [0, 0.1) is 0 Å². The number of aromatic nitrogens is 2. The summed E-state index contributed by atoms with van der Waals surface area (Å²) in [6.45, 7) is 5.32. The molecule has 18 heavy (non-hydrogen) atoms. The van der Waals surface area contributed by atoms with Gasteiger partial charge in [0.2, 0.25) is 0 Å². The largest absolute Gasteiger partial charge is 0.383 e. The molecule has 1 unspecified atom stereocenters. The van der Waals surface area contributed by atoms with Crippen molar-refractivity contribution in [2.45, 2.75) is 25.8 Å². The minimum Gasteiger partial charge on any atom is -0.383 e. The molecule has 1 saturated heterocycles. The van der Waals surface area contributed by atoms with Gasteiger partial charge in [-0.25, -0.2) is 9.97 Å². The smallest absolute Gasteiger partial charge is 0.149 e. The van der Waals surface area contributed by atoms with Crippen LogP contribution in [0.2, 0.25) is 0 Å². The van der Waals surface area contributed by atoms with E-state index >= 15 is 0 Å². The minimum absolute atomic E-state index is 0.275. The van der Waals surface area contributed by atoms with Gasteiger partial charge in [-0.3, -0.25) is 4.90 Å². The van der Waals surface area contributed by atoms with Gasteiger partial charge in [0.15, 0.2) is 0 Å². The van der Waals surface area contributed by atoms with Crippen LogP contribution in [-0.2, 0) is 0 Å². The maximum absolute atomic E-state index is 5.99. The Bertz CT molecular complexity index is 438. The van der Waals surface area contributed by atoms with Gasteiger partial charge in [0.05, 0.1) is 16.2 Å². The standard InChI is InChI=1S/C12H19BrN4S/c1-7(2)10-9(13)11(14)16-12(15-10)8-6-18-5-4-17(8)3/h7-8H,4-6H2,1-3H3,(H2,14,15,16). The predicted molar refractivity (Wildman–Crippen MR) is 80.9 cm³/mol. The van der Waals surface area contributed by atoms with Gasteiger partial charge in [-0.2, -0.15) is 11.8 Å². The molecule has 0 aliphatic carbocycles. The first-order valence-corrected chi connectivity index (χ1v) is 8.06. The van der Waals surface area contributed by atoms with Crippen molar-refractivity contribution in [3.63, 3.8) is 0 Å². The van der Waals surface area contributed by atoms with Gasteiger partial charge in [-0.05, 0) is 28.9 Å². The van der Waals surface area contributed by atoms with Crippen molar-refractivity contribution in [1.29, 1.82) is 0 Å². The van der Waals surface area contributed by atoms with Crippen LogP contribution in [0.1, 0.15) is 37.3 Å². The van der Waals surface area contributed by atoms with Crippen molar-refractivity contribution in [1.82, 2.24) is 14.9 Å². The number of halogens is 1. The molecule has 0 spiro atoms. The van der Waals surface area contributed by atoms with E-state index in [4.69, 9.17) is 10.7 Å². The third-order valence-corrected chi connectivity index (χ3v) is 5.00. The fraction of sp³-hybridized carbons (Fsp3) is 0.667. The summed E-state index contributed by atoms with van der Waals surface area (Å²) >= 11 is 5.44. The number of nitrogens with zero attached hydrogens (tertiary/aromatic N) is 3. The lowest BCUT2D eigenvalue weighted by atomic mass is 10.1. The Hall–Kier alpha value is -0.330. The zero-order valence-corrected chi connectivity index (χ0v) is 13.4. The van der Waals surface area contributed by atoms with Crippen molar-refractivity contribution < 1.29 is 0 Å². The molecule has 6 heteroatoms. The van der Waals surface area contributed by atoms with Gasteiger partial charge < -0.3 is 5.73 Å². The molecule has 1 atom stereocenters. The molecule has 100 valence electrons. The highest BCUT2D eigenvalue weighted by atomic mass is 79.9. The molecule has 2 heterocycles. The Morgan fingerprint density at radius 2 is 2.17 bits per heavy atom. The van der Waals surface area contributed by atoms with E-state index in [1.165, 1.54) is 5.75 Å². The van der Waals surface area contributed by atoms with E-state index in [9.17, 15) is 0 Å². The Morgan fingerprint density at radius 1 is 1.44 bits per heavy atom. The summed E-state index contributed by atoms with van der Waals surface area (Å²) in [5, 5.41) is 0. The normalized spacial score (nSPS) is 21.5. The average molecular weight is 331 g/mol. The van der Waals surface area contributed by atoms with Gasteiger partial charge in [0.1, 0.15) is 11.6 Å². The second-order valence-corrected chi connectivity index (χ2v) is 6.84. The molecule has 2 rings (SSSR count). The maximum atomic E-state index is 5.99. The molecule has 0 amide bonds. The Morgan fingerprint density at radius 3 is 2.78 bits per heavy atom. The third-order valence-electron chi connectivity index (χ3n) is 3.16. The number of thioether (sulfide) groups is 1. The topological polar surface area (TPSA) is 55.0 Å². The lowest BCUT2D eigenvalue weighted by Crippen LogP contribution is -2.34. The molecule has 1 fully saturated rings. The van der Waals surface area contributed by atoms with Crippen LogP contribution in [0.4, 0.5) is 5.82 Å². The summed E-state index contributed by atoms with van der Waals surface area (Å²) in [6.07, 6.45) is 0. The van der Waals surface area contributed by atoms with Crippen molar-refractivity contribution in [2.75, 3.05) is 30.8 Å². The minimum atomic E-state index is 0.275. The van der Waals surface area contributed by atoms with Crippen molar-refractivity contribution in [3.05, 3.63) is 16.0 Å². The van der Waals surface area contributed by atoms with E-state index in [0.717, 1.165) is 28.3 Å². The van der Waals surface area contributed by atoms with Crippen molar-refractivity contribution in [2.24, 2.45) is 0 Å². The monoisotopic (exact) mass is 330 g/mol. The Balaban J connectivity index is 2.38. The second-order valence-electron chi connectivity index (χ2n) is 4.89. The SMILES string of the molecule is CC(C)c1nc(C2CSCCN2C)nc(N)c1Br. The van der Waals surface area contributed by atoms with E-state index in [2.05, 4.69) is 46.7 Å². The molecule has 0 radical (unpaired) electrons. The number of nitrogen functional groups attached to an aromatic ring is 1. The Kier molecular flexibility index (Phi) is 4.50. The number of nitrogens with two attached hydrogens (primary N) is 1. The summed E-state index contributed by atoms with van der Waals surface area (Å²) in [5.41, 5.74) is 6.99. The molecular formula is C12H19BrN4S. The molecule has 0 aromatic carbocycles. The van der Waals surface area contributed by atoms with Gasteiger partial charge in [0.25, 0.3) is 0 Å². The molecule has 1 aliphatic rings. The molecule has 1 aromatic heterocycles. The average Bonchev–Trinajstić information content (AvgIpc) is 2.33. The van der Waals surface area contributed by atoms with E-state index in [0.29, 0.717) is 11.7 Å². The van der Waals surface area contributed by atoms with Crippen LogP contribution in [-0.4, -0.2) is 40.0 Å². The Labute approximate surface area is 121 Å². The quantitative estimate of drug-likeness (QED) is 0.903. The van der Waals surface area contributed by atoms with Crippen molar-refractivity contribution in [3.8, 4) is 0 Å². The summed E-state index contributed by atoms with van der Waals surface area (Å²) < 4.78 is 0.840. The van der Waals surface area contributed by atoms with Gasteiger partial charge in [0, 0.05) is 18.1 Å². The zero-order valence-electron chi connectivity index (χ0n) is 11.0. The lowest BCUT2D eigenvalue weighted by molar-refractivity contribution is 0.264. The van der Waals surface area contributed by atoms with Gasteiger partial charge >= 0.3 is 0 Å². The number of rotatable bonds is 2. The van der Waals surface area contributed by atoms with E-state index in [-0.39, 0.29) is 6.04 Å². The fourth-order valence-electron chi connectivity index (χ4n) is 1.99. The maximum Gasteiger partial charge on any atom is 0.149 e. The first-order chi connectivity index (χ1) is 8.50. The highest BCUT2D eigenvalue weighted by Gasteiger charge is 2.25. The van der Waals surface area contributed by atoms with Crippen molar-refractivity contribution >= 4 is 33.5 Å². The number of anilines is 1. The fourth-order valence-corrected chi connectivity index (χ4v) is 3.84. The molecule has 0 saturated carbocycles. The first kappa shape index (κ1) is 14.1. The van der Waals surface area contributed by atoms with Crippen LogP contribution in [0.5, 0.6) is 0 Å². The van der Waals surface area contributed by atoms with Crippen LogP contribution >= 0.6 is 27.7 Å². The summed E-state index contributed by atoms with van der Waals surface area (Å²) in [7, 11) is 2.13. The molecule has 0 bridgehead atoms. The van der Waals surface area contributed by atoms with Crippen LogP contribution in [0.15, 0.2) is 4.47 Å². The number of hydrogen-bond donors (Lipinski definition) is 1. The highest BCUT2D eigenvalue weighted by molar-refractivity contribution is 9.10. The molecule has 4 nitrogen and oxygen atoms in total. The summed E-state index contributed by atoms with van der Waals surface area (Å²) in [5.74, 6) is 3.96. The number of hydrogen-bond acceptors (Lipinski definition) is 5. The lowest BCUT2D eigenvalue weighted by Gasteiger charge is -2.31. The zero-order chi connectivity index (χ0) is 13.3. The van der Waals surface area contributed by atoms with E-state index < -0.39 is 0 Å². The molecule has 1 aromatic rings. The summed E-state index contributed by atoms with van der Waals surface area (Å²) in [6, 6.07) is 0.275. The highest BCUT2D eigenvalue weighted by Crippen LogP contribution is 2.31.